The maximum Gasteiger partial charge on any atom is 0.152 e. The Labute approximate surface area is 106 Å². The minimum absolute atomic E-state index is 0.0334. The van der Waals surface area contributed by atoms with Crippen LogP contribution < -0.4 is 5.73 Å². The van der Waals surface area contributed by atoms with Crippen LogP contribution in [0.4, 0.5) is 4.39 Å². The molecule has 1 heterocycles. The molecule has 0 aliphatic rings. The summed E-state index contributed by atoms with van der Waals surface area (Å²) in [6.45, 7) is 2.75. The van der Waals surface area contributed by atoms with Crippen molar-refractivity contribution >= 4 is 0 Å². The monoisotopic (exact) mass is 247 g/mol. The average molecular weight is 247 g/mol. The first-order valence-electron chi connectivity index (χ1n) is 6.14. The van der Waals surface area contributed by atoms with Crippen molar-refractivity contribution in [1.82, 2.24) is 9.78 Å². The fourth-order valence-electron chi connectivity index (χ4n) is 2.02. The van der Waals surface area contributed by atoms with Crippen LogP contribution in [0.1, 0.15) is 18.1 Å². The lowest BCUT2D eigenvalue weighted by Gasteiger charge is -2.23. The molecule has 4 heteroatoms. The van der Waals surface area contributed by atoms with Gasteiger partial charge in [-0.05, 0) is 18.1 Å². The van der Waals surface area contributed by atoms with E-state index in [9.17, 15) is 4.39 Å². The molecule has 2 aromatic rings. The Bertz CT molecular complexity index is 495. The molecule has 0 aliphatic heterocycles. The fourth-order valence-corrected chi connectivity index (χ4v) is 2.02. The van der Waals surface area contributed by atoms with Crippen LogP contribution >= 0.6 is 0 Å². The molecule has 1 aromatic heterocycles. The van der Waals surface area contributed by atoms with Gasteiger partial charge in [-0.2, -0.15) is 5.10 Å². The Morgan fingerprint density at radius 3 is 2.61 bits per heavy atom. The Balaban J connectivity index is 2.23. The van der Waals surface area contributed by atoms with Gasteiger partial charge in [0.2, 0.25) is 0 Å². The van der Waals surface area contributed by atoms with E-state index in [1.165, 1.54) is 0 Å². The first kappa shape index (κ1) is 12.8. The molecule has 2 rings (SSSR count). The first-order chi connectivity index (χ1) is 8.68. The predicted molar refractivity (Wildman–Crippen MR) is 69.9 cm³/mol. The molecular weight excluding hydrogens is 229 g/mol. The number of aromatic nitrogens is 2. The van der Waals surface area contributed by atoms with Crippen molar-refractivity contribution in [3.05, 3.63) is 53.9 Å². The van der Waals surface area contributed by atoms with E-state index in [0.717, 1.165) is 12.1 Å². The van der Waals surface area contributed by atoms with Crippen LogP contribution in [0, 0.1) is 0 Å². The van der Waals surface area contributed by atoms with Gasteiger partial charge >= 0.3 is 0 Å². The molecule has 1 unspecified atom stereocenters. The van der Waals surface area contributed by atoms with Crippen molar-refractivity contribution in [1.29, 1.82) is 0 Å². The maximum absolute atomic E-state index is 14.9. The van der Waals surface area contributed by atoms with Gasteiger partial charge in [0.15, 0.2) is 5.67 Å². The molecule has 0 aliphatic carbocycles. The van der Waals surface area contributed by atoms with Crippen LogP contribution in [0.3, 0.4) is 0 Å². The van der Waals surface area contributed by atoms with Gasteiger partial charge in [-0.15, -0.1) is 0 Å². The first-order valence-corrected chi connectivity index (χ1v) is 6.14. The highest BCUT2D eigenvalue weighted by Crippen LogP contribution is 2.29. The lowest BCUT2D eigenvalue weighted by atomic mass is 9.90. The van der Waals surface area contributed by atoms with Crippen molar-refractivity contribution in [3.63, 3.8) is 0 Å². The lowest BCUT2D eigenvalue weighted by Crippen LogP contribution is -2.32. The highest BCUT2D eigenvalue weighted by Gasteiger charge is 2.30. The number of hydrogen-bond donors (Lipinski definition) is 1. The minimum atomic E-state index is -1.52. The van der Waals surface area contributed by atoms with E-state index in [1.54, 1.807) is 23.0 Å². The minimum Gasteiger partial charge on any atom is -0.327 e. The molecule has 0 saturated heterocycles. The Kier molecular flexibility index (Phi) is 3.77. The van der Waals surface area contributed by atoms with Crippen molar-refractivity contribution in [3.8, 4) is 0 Å². The number of benzene rings is 1. The molecule has 0 fully saturated rings. The third kappa shape index (κ3) is 2.59. The number of nitrogens with two attached hydrogens (primary N) is 1. The molecular formula is C14H18FN3. The van der Waals surface area contributed by atoms with Crippen molar-refractivity contribution in [2.75, 3.05) is 6.54 Å². The number of nitrogens with zero attached hydrogens (tertiary/aromatic N) is 2. The summed E-state index contributed by atoms with van der Waals surface area (Å²) < 4.78 is 16.7. The number of aryl methyl sites for hydroxylation is 1. The zero-order valence-electron chi connectivity index (χ0n) is 10.5. The highest BCUT2D eigenvalue weighted by atomic mass is 19.1. The molecule has 3 nitrogen and oxygen atoms in total. The molecule has 0 amide bonds. The molecule has 1 atom stereocenters. The van der Waals surface area contributed by atoms with Crippen LogP contribution in [0.5, 0.6) is 0 Å². The molecule has 1 aromatic carbocycles. The van der Waals surface area contributed by atoms with E-state index in [-0.39, 0.29) is 13.0 Å². The highest BCUT2D eigenvalue weighted by molar-refractivity contribution is 5.26. The summed E-state index contributed by atoms with van der Waals surface area (Å²) in [7, 11) is 0. The summed E-state index contributed by atoms with van der Waals surface area (Å²) >= 11 is 0. The second-order valence-electron chi connectivity index (χ2n) is 4.42. The number of hydrogen-bond acceptors (Lipinski definition) is 2. The Morgan fingerprint density at radius 1 is 1.33 bits per heavy atom. The van der Waals surface area contributed by atoms with Crippen molar-refractivity contribution in [2.45, 2.75) is 25.6 Å². The number of alkyl halides is 1. The molecule has 0 bridgehead atoms. The summed E-state index contributed by atoms with van der Waals surface area (Å²) in [5.41, 5.74) is 5.59. The Hall–Kier alpha value is -1.68. The van der Waals surface area contributed by atoms with Crippen LogP contribution in [-0.4, -0.2) is 16.3 Å². The second-order valence-corrected chi connectivity index (χ2v) is 4.42. The van der Waals surface area contributed by atoms with E-state index in [4.69, 9.17) is 5.73 Å². The molecule has 0 radical (unpaired) electrons. The van der Waals surface area contributed by atoms with Gasteiger partial charge in [0.1, 0.15) is 0 Å². The van der Waals surface area contributed by atoms with E-state index >= 15 is 0 Å². The topological polar surface area (TPSA) is 43.8 Å². The third-order valence-corrected chi connectivity index (χ3v) is 3.11. The molecule has 0 saturated carbocycles. The largest absolute Gasteiger partial charge is 0.327 e. The molecule has 96 valence electrons. The summed E-state index contributed by atoms with van der Waals surface area (Å²) in [6.07, 6.45) is 3.83. The van der Waals surface area contributed by atoms with Gasteiger partial charge in [-0.25, -0.2) is 4.39 Å². The van der Waals surface area contributed by atoms with Crippen molar-refractivity contribution in [2.24, 2.45) is 5.73 Å². The van der Waals surface area contributed by atoms with Gasteiger partial charge in [-0.1, -0.05) is 30.3 Å². The summed E-state index contributed by atoms with van der Waals surface area (Å²) in [6, 6.07) is 9.08. The number of rotatable bonds is 5. The SMILES string of the molecule is CCn1cc(CC(F)(CN)c2ccccc2)cn1. The average Bonchev–Trinajstić information content (AvgIpc) is 2.87. The van der Waals surface area contributed by atoms with Gasteiger partial charge in [0, 0.05) is 25.7 Å². The van der Waals surface area contributed by atoms with E-state index in [1.807, 2.05) is 31.3 Å². The van der Waals surface area contributed by atoms with E-state index < -0.39 is 5.67 Å². The van der Waals surface area contributed by atoms with E-state index in [2.05, 4.69) is 5.10 Å². The van der Waals surface area contributed by atoms with Crippen LogP contribution in [0.2, 0.25) is 0 Å². The summed E-state index contributed by atoms with van der Waals surface area (Å²) in [5.74, 6) is 0. The normalized spacial score (nSPS) is 14.4. The predicted octanol–water partition coefficient (Wildman–Crippen LogP) is 2.27. The van der Waals surface area contributed by atoms with Crippen molar-refractivity contribution < 1.29 is 4.39 Å². The zero-order chi connectivity index (χ0) is 13.0. The molecule has 2 N–H and O–H groups in total. The van der Waals surface area contributed by atoms with Crippen LogP contribution in [0.25, 0.3) is 0 Å². The zero-order valence-corrected chi connectivity index (χ0v) is 10.5. The van der Waals surface area contributed by atoms with Crippen LogP contribution in [0.15, 0.2) is 42.7 Å². The quantitative estimate of drug-likeness (QED) is 0.880. The molecule has 0 spiro atoms. The second kappa shape index (κ2) is 5.31. The van der Waals surface area contributed by atoms with Gasteiger partial charge < -0.3 is 5.73 Å². The summed E-state index contributed by atoms with van der Waals surface area (Å²) in [4.78, 5) is 0. The maximum atomic E-state index is 14.9. The smallest absolute Gasteiger partial charge is 0.152 e. The van der Waals surface area contributed by atoms with Gasteiger partial charge in [-0.3, -0.25) is 4.68 Å². The summed E-state index contributed by atoms with van der Waals surface area (Å²) in [5, 5.41) is 4.16. The molecule has 18 heavy (non-hydrogen) atoms. The van der Waals surface area contributed by atoms with Gasteiger partial charge in [0.25, 0.3) is 0 Å². The fraction of sp³-hybridized carbons (Fsp3) is 0.357. The van der Waals surface area contributed by atoms with Gasteiger partial charge in [0.05, 0.1) is 6.20 Å². The lowest BCUT2D eigenvalue weighted by molar-refractivity contribution is 0.175. The standard InChI is InChI=1S/C14H18FN3/c1-2-18-10-12(9-17-18)8-14(15,11-16)13-6-4-3-5-7-13/h3-7,9-10H,2,8,11,16H2,1H3. The Morgan fingerprint density at radius 2 is 2.06 bits per heavy atom. The number of halogens is 1. The van der Waals surface area contributed by atoms with E-state index in [0.29, 0.717) is 5.56 Å². The van der Waals surface area contributed by atoms with Crippen LogP contribution in [-0.2, 0) is 18.6 Å². The third-order valence-electron chi connectivity index (χ3n) is 3.11.